The summed E-state index contributed by atoms with van der Waals surface area (Å²) in [6.45, 7) is 0. The van der Waals surface area contributed by atoms with E-state index in [1.165, 1.54) is 0 Å². The molecule has 0 spiro atoms. The van der Waals surface area contributed by atoms with Gasteiger partial charge in [0.2, 0.25) is 11.6 Å². The Kier molecular flexibility index (Phi) is 1.64. The second-order valence-corrected chi connectivity index (χ2v) is 3.03. The normalized spacial score (nSPS) is 15.7. The molecule has 0 saturated heterocycles. The first-order chi connectivity index (χ1) is 6.63. The van der Waals surface area contributed by atoms with Crippen LogP contribution in [0.1, 0.15) is 20.7 Å². The molecule has 0 unspecified atom stereocenters. The third-order valence-electron chi connectivity index (χ3n) is 2.20. The topological polar surface area (TPSA) is 86.2 Å². The van der Waals surface area contributed by atoms with E-state index in [0.717, 1.165) is 0 Å². The average molecular weight is 188 g/mol. The summed E-state index contributed by atoms with van der Waals surface area (Å²) >= 11 is 0. The van der Waals surface area contributed by atoms with Gasteiger partial charge >= 0.3 is 0 Å². The standard InChI is InChI=1S/C10H8N2O2/c11-7-8(12)10(14)6-4-2-1-3-5(6)9(7)13/h1-4H,11-12H2. The second kappa shape index (κ2) is 2.70. The van der Waals surface area contributed by atoms with Gasteiger partial charge in [0.25, 0.3) is 0 Å². The van der Waals surface area contributed by atoms with Crippen LogP contribution in [0.5, 0.6) is 0 Å². The van der Waals surface area contributed by atoms with E-state index in [2.05, 4.69) is 0 Å². The molecular formula is C10H8N2O2. The van der Waals surface area contributed by atoms with E-state index in [1.807, 2.05) is 0 Å². The maximum absolute atomic E-state index is 11.6. The van der Waals surface area contributed by atoms with Gasteiger partial charge in [-0.2, -0.15) is 0 Å². The van der Waals surface area contributed by atoms with Gasteiger partial charge in [0, 0.05) is 11.1 Å². The lowest BCUT2D eigenvalue weighted by Gasteiger charge is -2.14. The number of hydrogen-bond acceptors (Lipinski definition) is 4. The maximum atomic E-state index is 11.6. The molecular weight excluding hydrogens is 180 g/mol. The number of ketones is 2. The molecule has 0 radical (unpaired) electrons. The molecule has 4 N–H and O–H groups in total. The van der Waals surface area contributed by atoms with E-state index in [4.69, 9.17) is 11.5 Å². The fraction of sp³-hybridized carbons (Fsp3) is 0. The molecule has 0 aliphatic heterocycles. The lowest BCUT2D eigenvalue weighted by atomic mass is 9.91. The molecule has 4 heteroatoms. The average Bonchev–Trinajstić information content (AvgIpc) is 2.23. The number of fused-ring (bicyclic) bond motifs is 1. The Balaban J connectivity index is 2.73. The first-order valence-corrected chi connectivity index (χ1v) is 4.06. The zero-order valence-corrected chi connectivity index (χ0v) is 7.28. The lowest BCUT2D eigenvalue weighted by molar-refractivity contribution is 0.0972. The fourth-order valence-corrected chi connectivity index (χ4v) is 1.41. The molecule has 1 aliphatic carbocycles. The van der Waals surface area contributed by atoms with Gasteiger partial charge < -0.3 is 11.5 Å². The minimum absolute atomic E-state index is 0.159. The number of carbonyl (C=O) groups is 2. The number of nitrogens with two attached hydrogens (primary N) is 2. The van der Waals surface area contributed by atoms with Crippen molar-refractivity contribution < 1.29 is 9.59 Å². The van der Waals surface area contributed by atoms with Crippen LogP contribution >= 0.6 is 0 Å². The van der Waals surface area contributed by atoms with Crippen LogP contribution in [-0.4, -0.2) is 11.6 Å². The first-order valence-electron chi connectivity index (χ1n) is 4.06. The molecule has 0 heterocycles. The van der Waals surface area contributed by atoms with Crippen molar-refractivity contribution in [3.8, 4) is 0 Å². The van der Waals surface area contributed by atoms with E-state index >= 15 is 0 Å². The third-order valence-corrected chi connectivity index (χ3v) is 2.20. The summed E-state index contributed by atoms with van der Waals surface area (Å²) in [5.41, 5.74) is 11.2. The van der Waals surface area contributed by atoms with Gasteiger partial charge in [-0.3, -0.25) is 9.59 Å². The summed E-state index contributed by atoms with van der Waals surface area (Å²) in [4.78, 5) is 23.1. The Morgan fingerprint density at radius 3 is 1.50 bits per heavy atom. The number of benzene rings is 1. The highest BCUT2D eigenvalue weighted by atomic mass is 16.1. The summed E-state index contributed by atoms with van der Waals surface area (Å²) in [7, 11) is 0. The van der Waals surface area contributed by atoms with Crippen LogP contribution in [0.25, 0.3) is 0 Å². The smallest absolute Gasteiger partial charge is 0.211 e. The SMILES string of the molecule is NC1=C(N)C(=O)c2ccccc2C1=O. The Morgan fingerprint density at radius 1 is 0.786 bits per heavy atom. The van der Waals surface area contributed by atoms with E-state index in [9.17, 15) is 9.59 Å². The molecule has 0 aromatic heterocycles. The molecule has 0 fully saturated rings. The van der Waals surface area contributed by atoms with Gasteiger partial charge in [0.15, 0.2) is 0 Å². The van der Waals surface area contributed by atoms with Gasteiger partial charge in [-0.1, -0.05) is 24.3 Å². The molecule has 2 rings (SSSR count). The van der Waals surface area contributed by atoms with Crippen molar-refractivity contribution in [1.82, 2.24) is 0 Å². The quantitative estimate of drug-likeness (QED) is 0.608. The molecule has 0 saturated carbocycles. The highest BCUT2D eigenvalue weighted by Gasteiger charge is 2.28. The van der Waals surface area contributed by atoms with Crippen molar-refractivity contribution in [1.29, 1.82) is 0 Å². The van der Waals surface area contributed by atoms with Gasteiger partial charge in [0.05, 0.1) is 0 Å². The zero-order valence-electron chi connectivity index (χ0n) is 7.28. The van der Waals surface area contributed by atoms with Crippen molar-refractivity contribution in [2.45, 2.75) is 0 Å². The van der Waals surface area contributed by atoms with E-state index < -0.39 is 0 Å². The summed E-state index contributed by atoms with van der Waals surface area (Å²) in [5, 5.41) is 0. The van der Waals surface area contributed by atoms with Crippen molar-refractivity contribution in [3.05, 3.63) is 46.8 Å². The number of allylic oxidation sites excluding steroid dienone is 2. The van der Waals surface area contributed by atoms with Crippen LogP contribution in [0.2, 0.25) is 0 Å². The van der Waals surface area contributed by atoms with Gasteiger partial charge in [-0.15, -0.1) is 0 Å². The summed E-state index contributed by atoms with van der Waals surface area (Å²) in [5.74, 6) is -0.754. The lowest BCUT2D eigenvalue weighted by Crippen LogP contribution is -2.30. The van der Waals surface area contributed by atoms with Crippen molar-refractivity contribution in [2.24, 2.45) is 11.5 Å². The third kappa shape index (κ3) is 0.939. The molecule has 4 nitrogen and oxygen atoms in total. The highest BCUT2D eigenvalue weighted by Crippen LogP contribution is 2.20. The largest absolute Gasteiger partial charge is 0.394 e. The number of carbonyl (C=O) groups excluding carboxylic acids is 2. The van der Waals surface area contributed by atoms with Gasteiger partial charge in [-0.05, 0) is 0 Å². The van der Waals surface area contributed by atoms with Crippen LogP contribution < -0.4 is 11.5 Å². The molecule has 0 atom stereocenters. The van der Waals surface area contributed by atoms with Crippen molar-refractivity contribution in [2.75, 3.05) is 0 Å². The van der Waals surface area contributed by atoms with Crippen LogP contribution in [-0.2, 0) is 0 Å². The summed E-state index contributed by atoms with van der Waals surface area (Å²) < 4.78 is 0. The molecule has 1 aromatic rings. The fourth-order valence-electron chi connectivity index (χ4n) is 1.41. The highest BCUT2D eigenvalue weighted by molar-refractivity contribution is 6.26. The van der Waals surface area contributed by atoms with Crippen molar-refractivity contribution in [3.63, 3.8) is 0 Å². The Hall–Kier alpha value is -2.10. The number of rotatable bonds is 0. The van der Waals surface area contributed by atoms with Crippen molar-refractivity contribution >= 4 is 11.6 Å². The van der Waals surface area contributed by atoms with E-state index in [0.29, 0.717) is 11.1 Å². The van der Waals surface area contributed by atoms with Crippen LogP contribution in [0, 0.1) is 0 Å². The van der Waals surface area contributed by atoms with E-state index in [1.54, 1.807) is 24.3 Å². The predicted octanol–water partition coefficient (Wildman–Crippen LogP) is 0.195. The molecule has 1 aromatic carbocycles. The molecule has 0 amide bonds. The predicted molar refractivity (Wildman–Crippen MR) is 50.5 cm³/mol. The molecule has 70 valence electrons. The molecule has 0 bridgehead atoms. The minimum Gasteiger partial charge on any atom is -0.394 e. The van der Waals surface area contributed by atoms with Crippen LogP contribution in [0.4, 0.5) is 0 Å². The first kappa shape index (κ1) is 8.50. The van der Waals surface area contributed by atoms with Gasteiger partial charge in [-0.25, -0.2) is 0 Å². The Bertz CT molecular complexity index is 432. The maximum Gasteiger partial charge on any atom is 0.211 e. The number of hydrogen-bond donors (Lipinski definition) is 2. The zero-order chi connectivity index (χ0) is 10.3. The minimum atomic E-state index is -0.377. The number of Topliss-reactive ketones (excluding diaryl/α,β-unsaturated/α-hetero) is 2. The second-order valence-electron chi connectivity index (χ2n) is 3.03. The Morgan fingerprint density at radius 2 is 1.14 bits per heavy atom. The summed E-state index contributed by atoms with van der Waals surface area (Å²) in [6, 6.07) is 6.49. The summed E-state index contributed by atoms with van der Waals surface area (Å²) in [6.07, 6.45) is 0. The van der Waals surface area contributed by atoms with Crippen LogP contribution in [0.3, 0.4) is 0 Å². The van der Waals surface area contributed by atoms with E-state index in [-0.39, 0.29) is 23.0 Å². The monoisotopic (exact) mass is 188 g/mol. The van der Waals surface area contributed by atoms with Crippen LogP contribution in [0.15, 0.2) is 35.7 Å². The molecule has 1 aliphatic rings. The molecule has 14 heavy (non-hydrogen) atoms. The van der Waals surface area contributed by atoms with Gasteiger partial charge in [0.1, 0.15) is 11.4 Å². The Labute approximate surface area is 80.2 Å².